The first kappa shape index (κ1) is 18.5. The van der Waals surface area contributed by atoms with E-state index in [-0.39, 0.29) is 5.97 Å². The first-order chi connectivity index (χ1) is 12.5. The first-order valence-corrected chi connectivity index (χ1v) is 9.50. The Bertz CT molecular complexity index is 803. The van der Waals surface area contributed by atoms with E-state index < -0.39 is 0 Å². The molecule has 0 saturated heterocycles. The van der Waals surface area contributed by atoms with Crippen molar-refractivity contribution in [3.8, 4) is 5.75 Å². The van der Waals surface area contributed by atoms with E-state index in [0.717, 1.165) is 23.3 Å². The molecule has 0 aromatic heterocycles. The molecule has 1 aliphatic rings. The lowest BCUT2D eigenvalue weighted by atomic mass is 9.98. The second-order valence-electron chi connectivity index (χ2n) is 7.27. The van der Waals surface area contributed by atoms with Crippen LogP contribution in [0.4, 0.5) is 0 Å². The van der Waals surface area contributed by atoms with Gasteiger partial charge in [0.1, 0.15) is 12.4 Å². The zero-order valence-electron chi connectivity index (χ0n) is 16.2. The van der Waals surface area contributed by atoms with E-state index in [0.29, 0.717) is 24.7 Å². The van der Waals surface area contributed by atoms with Gasteiger partial charge in [0.05, 0.1) is 12.2 Å². The minimum Gasteiger partial charge on any atom is -0.489 e. The van der Waals surface area contributed by atoms with Gasteiger partial charge in [-0.25, -0.2) is 4.79 Å². The smallest absolute Gasteiger partial charge is 0.338 e. The Kier molecular flexibility index (Phi) is 5.65. The zero-order chi connectivity index (χ0) is 18.7. The quantitative estimate of drug-likeness (QED) is 0.605. The van der Waals surface area contributed by atoms with Gasteiger partial charge in [0.25, 0.3) is 0 Å². The Morgan fingerprint density at radius 1 is 1.08 bits per heavy atom. The van der Waals surface area contributed by atoms with Crippen LogP contribution in [0.1, 0.15) is 70.3 Å². The highest BCUT2D eigenvalue weighted by molar-refractivity contribution is 5.91. The molecule has 0 unspecified atom stereocenters. The lowest BCUT2D eigenvalue weighted by molar-refractivity contribution is 0.0502. The number of ether oxygens (including phenoxy) is 2. The van der Waals surface area contributed by atoms with E-state index in [1.165, 1.54) is 29.5 Å². The maximum atomic E-state index is 12.5. The summed E-state index contributed by atoms with van der Waals surface area (Å²) in [6.07, 6.45) is 3.19. The molecule has 0 spiro atoms. The van der Waals surface area contributed by atoms with Gasteiger partial charge in [0.15, 0.2) is 0 Å². The Morgan fingerprint density at radius 2 is 1.81 bits per heavy atom. The van der Waals surface area contributed by atoms with Crippen molar-refractivity contribution in [1.82, 2.24) is 0 Å². The topological polar surface area (TPSA) is 35.5 Å². The van der Waals surface area contributed by atoms with Gasteiger partial charge in [-0.1, -0.05) is 25.1 Å². The average Bonchev–Trinajstić information content (AvgIpc) is 3.46. The summed E-state index contributed by atoms with van der Waals surface area (Å²) in [5, 5.41) is 0. The van der Waals surface area contributed by atoms with Crippen LogP contribution in [0.3, 0.4) is 0 Å². The molecule has 0 radical (unpaired) electrons. The summed E-state index contributed by atoms with van der Waals surface area (Å²) in [6.45, 7) is 9.10. The molecule has 2 aromatic carbocycles. The molecule has 0 heterocycles. The average molecular weight is 352 g/mol. The van der Waals surface area contributed by atoms with E-state index in [1.807, 2.05) is 19.1 Å². The first-order valence-electron chi connectivity index (χ1n) is 9.50. The monoisotopic (exact) mass is 352 g/mol. The normalized spacial score (nSPS) is 13.5. The van der Waals surface area contributed by atoms with Crippen LogP contribution in [0.2, 0.25) is 0 Å². The molecular formula is C23H28O3. The molecule has 3 heteroatoms. The van der Waals surface area contributed by atoms with Gasteiger partial charge in [0.2, 0.25) is 0 Å². The van der Waals surface area contributed by atoms with Gasteiger partial charge in [-0.15, -0.1) is 0 Å². The van der Waals surface area contributed by atoms with Gasteiger partial charge >= 0.3 is 5.97 Å². The van der Waals surface area contributed by atoms with Gasteiger partial charge in [-0.05, 0) is 80.3 Å². The third kappa shape index (κ3) is 4.09. The van der Waals surface area contributed by atoms with Gasteiger partial charge in [-0.2, -0.15) is 0 Å². The van der Waals surface area contributed by atoms with Crippen molar-refractivity contribution in [1.29, 1.82) is 0 Å². The molecule has 26 heavy (non-hydrogen) atoms. The highest BCUT2D eigenvalue weighted by Crippen LogP contribution is 2.42. The van der Waals surface area contributed by atoms with Crippen LogP contribution < -0.4 is 4.74 Å². The second kappa shape index (κ2) is 7.94. The van der Waals surface area contributed by atoms with Gasteiger partial charge in [-0.3, -0.25) is 0 Å². The van der Waals surface area contributed by atoms with E-state index in [1.54, 1.807) is 0 Å². The summed E-state index contributed by atoms with van der Waals surface area (Å²) >= 11 is 0. The van der Waals surface area contributed by atoms with Gasteiger partial charge < -0.3 is 9.47 Å². The Morgan fingerprint density at radius 3 is 2.50 bits per heavy atom. The number of hydrogen-bond acceptors (Lipinski definition) is 3. The Balaban J connectivity index is 1.88. The molecule has 3 rings (SSSR count). The summed E-state index contributed by atoms with van der Waals surface area (Å²) in [7, 11) is 0. The van der Waals surface area contributed by atoms with Crippen molar-refractivity contribution < 1.29 is 14.3 Å². The number of esters is 1. The maximum absolute atomic E-state index is 12.5. The standard InChI is InChI=1S/C23H28O3/c1-5-11-25-23(24)20-8-6-7-19(18-9-10-18)21(20)14-26-22-13-16(3)15(2)12-17(22)4/h6-8,12-13,18H,5,9-11,14H2,1-4H3. The van der Waals surface area contributed by atoms with E-state index in [9.17, 15) is 4.79 Å². The molecule has 138 valence electrons. The highest BCUT2D eigenvalue weighted by Gasteiger charge is 2.28. The van der Waals surface area contributed by atoms with Crippen molar-refractivity contribution >= 4 is 5.97 Å². The molecule has 0 amide bonds. The molecule has 1 fully saturated rings. The molecule has 0 atom stereocenters. The summed E-state index contributed by atoms with van der Waals surface area (Å²) in [5.74, 6) is 1.18. The number of benzene rings is 2. The maximum Gasteiger partial charge on any atom is 0.338 e. The van der Waals surface area contributed by atoms with Crippen LogP contribution in [0.15, 0.2) is 30.3 Å². The largest absolute Gasteiger partial charge is 0.489 e. The lowest BCUT2D eigenvalue weighted by Gasteiger charge is -2.17. The predicted molar refractivity (Wildman–Crippen MR) is 104 cm³/mol. The van der Waals surface area contributed by atoms with Crippen LogP contribution in [-0.2, 0) is 11.3 Å². The van der Waals surface area contributed by atoms with Crippen LogP contribution in [0.25, 0.3) is 0 Å². The molecule has 0 aliphatic heterocycles. The van der Waals surface area contributed by atoms with E-state index in [2.05, 4.69) is 39.0 Å². The number of carbonyl (C=O) groups is 1. The van der Waals surface area contributed by atoms with E-state index in [4.69, 9.17) is 9.47 Å². The van der Waals surface area contributed by atoms with Crippen LogP contribution in [-0.4, -0.2) is 12.6 Å². The van der Waals surface area contributed by atoms with Crippen molar-refractivity contribution in [3.05, 3.63) is 63.7 Å². The molecule has 2 aromatic rings. The number of aryl methyl sites for hydroxylation is 3. The van der Waals surface area contributed by atoms with Crippen LogP contribution in [0, 0.1) is 20.8 Å². The second-order valence-corrected chi connectivity index (χ2v) is 7.27. The third-order valence-corrected chi connectivity index (χ3v) is 5.05. The zero-order valence-corrected chi connectivity index (χ0v) is 16.2. The van der Waals surface area contributed by atoms with Crippen molar-refractivity contribution in [2.24, 2.45) is 0 Å². The lowest BCUT2D eigenvalue weighted by Crippen LogP contribution is -2.13. The number of carbonyl (C=O) groups excluding carboxylic acids is 1. The van der Waals surface area contributed by atoms with Gasteiger partial charge in [0, 0.05) is 5.56 Å². The fourth-order valence-corrected chi connectivity index (χ4v) is 3.25. The van der Waals surface area contributed by atoms with Crippen LogP contribution in [0.5, 0.6) is 5.75 Å². The van der Waals surface area contributed by atoms with Crippen molar-refractivity contribution in [3.63, 3.8) is 0 Å². The summed E-state index contributed by atoms with van der Waals surface area (Å²) < 4.78 is 11.6. The SMILES string of the molecule is CCCOC(=O)c1cccc(C2CC2)c1COc1cc(C)c(C)cc1C. The summed E-state index contributed by atoms with van der Waals surface area (Å²) in [6, 6.07) is 10.2. The highest BCUT2D eigenvalue weighted by atomic mass is 16.5. The fourth-order valence-electron chi connectivity index (χ4n) is 3.25. The number of rotatable bonds is 7. The molecule has 1 saturated carbocycles. The summed E-state index contributed by atoms with van der Waals surface area (Å²) in [5.41, 5.74) is 6.45. The summed E-state index contributed by atoms with van der Waals surface area (Å²) in [4.78, 5) is 12.5. The fraction of sp³-hybridized carbons (Fsp3) is 0.435. The molecule has 0 N–H and O–H groups in total. The molecule has 0 bridgehead atoms. The van der Waals surface area contributed by atoms with Crippen molar-refractivity contribution in [2.45, 2.75) is 59.5 Å². The molecule has 1 aliphatic carbocycles. The Hall–Kier alpha value is -2.29. The third-order valence-electron chi connectivity index (χ3n) is 5.05. The minimum atomic E-state index is -0.246. The van der Waals surface area contributed by atoms with E-state index >= 15 is 0 Å². The number of hydrogen-bond donors (Lipinski definition) is 0. The minimum absolute atomic E-state index is 0.246. The Labute approximate surface area is 156 Å². The van der Waals surface area contributed by atoms with Crippen molar-refractivity contribution in [2.75, 3.05) is 6.61 Å². The predicted octanol–water partition coefficient (Wildman–Crippen LogP) is 5.64. The van der Waals surface area contributed by atoms with Crippen LogP contribution >= 0.6 is 0 Å². The molecule has 3 nitrogen and oxygen atoms in total. The molecular weight excluding hydrogens is 324 g/mol.